The van der Waals surface area contributed by atoms with Gasteiger partial charge >= 0.3 is 5.97 Å². The minimum atomic E-state index is -0.514. The maximum atomic E-state index is 12.6. The lowest BCUT2D eigenvalue weighted by molar-refractivity contribution is -0.140. The van der Waals surface area contributed by atoms with Crippen LogP contribution in [0.15, 0.2) is 54.9 Å². The van der Waals surface area contributed by atoms with Gasteiger partial charge in [-0.1, -0.05) is 18.2 Å². The van der Waals surface area contributed by atoms with Crippen molar-refractivity contribution in [1.82, 2.24) is 14.5 Å². The summed E-state index contributed by atoms with van der Waals surface area (Å²) in [7, 11) is 1.69. The molecular formula is C21H22N4O3. The molecule has 7 nitrogen and oxygen atoms in total. The van der Waals surface area contributed by atoms with Crippen molar-refractivity contribution in [3.05, 3.63) is 71.8 Å². The van der Waals surface area contributed by atoms with E-state index < -0.39 is 5.97 Å². The van der Waals surface area contributed by atoms with E-state index in [9.17, 15) is 9.59 Å². The van der Waals surface area contributed by atoms with Crippen molar-refractivity contribution in [1.29, 1.82) is 0 Å². The highest BCUT2D eigenvalue weighted by Gasteiger charge is 2.19. The molecule has 0 radical (unpaired) electrons. The van der Waals surface area contributed by atoms with Gasteiger partial charge in [0.05, 0.1) is 0 Å². The number of ketones is 1. The van der Waals surface area contributed by atoms with Gasteiger partial charge in [-0.3, -0.25) is 9.59 Å². The third kappa shape index (κ3) is 4.25. The van der Waals surface area contributed by atoms with Gasteiger partial charge in [0.15, 0.2) is 6.61 Å². The molecule has 2 heterocycles. The number of anilines is 1. The molecule has 28 heavy (non-hydrogen) atoms. The summed E-state index contributed by atoms with van der Waals surface area (Å²) in [5.74, 6) is -0.334. The number of aryl methyl sites for hydroxylation is 1. The predicted octanol–water partition coefficient (Wildman–Crippen LogP) is 2.75. The number of carbonyl (C=O) groups excluding carboxylic acids is 2. The van der Waals surface area contributed by atoms with E-state index in [1.807, 2.05) is 54.8 Å². The van der Waals surface area contributed by atoms with E-state index in [1.165, 1.54) is 0 Å². The summed E-state index contributed by atoms with van der Waals surface area (Å²) in [5.41, 5.74) is 3.30. The van der Waals surface area contributed by atoms with Gasteiger partial charge in [0.25, 0.3) is 0 Å². The summed E-state index contributed by atoms with van der Waals surface area (Å²) in [4.78, 5) is 34.4. The number of rotatable bonds is 7. The molecule has 0 spiro atoms. The first-order valence-electron chi connectivity index (χ1n) is 8.88. The van der Waals surface area contributed by atoms with E-state index in [-0.39, 0.29) is 18.9 Å². The fourth-order valence-corrected chi connectivity index (χ4v) is 3.04. The number of aromatic nitrogens is 3. The summed E-state index contributed by atoms with van der Waals surface area (Å²) in [6.45, 7) is 3.48. The zero-order valence-corrected chi connectivity index (χ0v) is 16.1. The van der Waals surface area contributed by atoms with Gasteiger partial charge in [0.1, 0.15) is 6.54 Å². The molecule has 0 aliphatic heterocycles. The van der Waals surface area contributed by atoms with E-state index in [0.29, 0.717) is 11.5 Å². The molecule has 0 saturated heterocycles. The first kappa shape index (κ1) is 19.3. The molecule has 0 N–H and O–H groups in total. The summed E-state index contributed by atoms with van der Waals surface area (Å²) in [6.07, 6.45) is 3.19. The smallest absolute Gasteiger partial charge is 0.326 e. The van der Waals surface area contributed by atoms with Crippen molar-refractivity contribution in [2.75, 3.05) is 25.1 Å². The molecule has 3 rings (SSSR count). The lowest BCUT2D eigenvalue weighted by Gasteiger charge is -2.15. The Morgan fingerprint density at radius 3 is 2.43 bits per heavy atom. The Balaban J connectivity index is 1.63. The van der Waals surface area contributed by atoms with Crippen molar-refractivity contribution in [3.8, 4) is 5.69 Å². The average molecular weight is 378 g/mol. The fraction of sp³-hybridized carbons (Fsp3) is 0.238. The van der Waals surface area contributed by atoms with Crippen molar-refractivity contribution >= 4 is 17.7 Å². The van der Waals surface area contributed by atoms with E-state index in [0.717, 1.165) is 17.1 Å². The lowest BCUT2D eigenvalue weighted by atomic mass is 10.1. The highest BCUT2D eigenvalue weighted by molar-refractivity contribution is 5.99. The summed E-state index contributed by atoms with van der Waals surface area (Å²) < 4.78 is 7.17. The number of para-hydroxylation sites is 1. The molecule has 2 aromatic heterocycles. The average Bonchev–Trinajstić information content (AvgIpc) is 3.01. The highest BCUT2D eigenvalue weighted by atomic mass is 16.5. The second-order valence-corrected chi connectivity index (χ2v) is 6.44. The Morgan fingerprint density at radius 1 is 1.07 bits per heavy atom. The molecule has 144 valence electrons. The molecule has 3 aromatic rings. The number of carbonyl (C=O) groups is 2. The van der Waals surface area contributed by atoms with Crippen LogP contribution in [0.25, 0.3) is 5.69 Å². The molecule has 0 atom stereocenters. The van der Waals surface area contributed by atoms with Gasteiger partial charge in [-0.05, 0) is 38.1 Å². The van der Waals surface area contributed by atoms with E-state index in [2.05, 4.69) is 9.97 Å². The van der Waals surface area contributed by atoms with Crippen LogP contribution < -0.4 is 4.90 Å². The van der Waals surface area contributed by atoms with Gasteiger partial charge in [-0.2, -0.15) is 0 Å². The maximum absolute atomic E-state index is 12.6. The van der Waals surface area contributed by atoms with Crippen LogP contribution in [0.5, 0.6) is 0 Å². The summed E-state index contributed by atoms with van der Waals surface area (Å²) >= 11 is 0. The molecule has 1 aromatic carbocycles. The number of Topliss-reactive ketones (excluding diaryl/α,β-unsaturated/α-hetero) is 1. The molecule has 0 bridgehead atoms. The Morgan fingerprint density at radius 2 is 1.75 bits per heavy atom. The lowest BCUT2D eigenvalue weighted by Crippen LogP contribution is -2.29. The van der Waals surface area contributed by atoms with Gasteiger partial charge in [-0.15, -0.1) is 0 Å². The molecule has 0 fully saturated rings. The monoisotopic (exact) mass is 378 g/mol. The SMILES string of the molecule is Cc1cc(C(=O)COC(=O)CN(C)c2ncccn2)c(C)n1-c1ccccc1. The van der Waals surface area contributed by atoms with Crippen LogP contribution in [0.3, 0.4) is 0 Å². The number of esters is 1. The molecule has 0 amide bonds. The third-order valence-electron chi connectivity index (χ3n) is 4.37. The molecule has 0 saturated carbocycles. The number of hydrogen-bond acceptors (Lipinski definition) is 6. The van der Waals surface area contributed by atoms with Gasteiger partial charge in [-0.25, -0.2) is 9.97 Å². The van der Waals surface area contributed by atoms with Crippen LogP contribution in [0.4, 0.5) is 5.95 Å². The normalized spacial score (nSPS) is 10.5. The van der Waals surface area contributed by atoms with Gasteiger partial charge in [0, 0.05) is 42.1 Å². The van der Waals surface area contributed by atoms with Crippen LogP contribution in [-0.2, 0) is 9.53 Å². The van der Waals surface area contributed by atoms with E-state index in [4.69, 9.17) is 4.74 Å². The third-order valence-corrected chi connectivity index (χ3v) is 4.37. The molecule has 7 heteroatoms. The Bertz CT molecular complexity index is 968. The van der Waals surface area contributed by atoms with E-state index in [1.54, 1.807) is 30.4 Å². The quantitative estimate of drug-likeness (QED) is 0.465. The standard InChI is InChI=1S/C21H22N4O3/c1-15-12-18(16(2)25(15)17-8-5-4-6-9-17)19(26)14-28-20(27)13-24(3)21-22-10-7-11-23-21/h4-12H,13-14H2,1-3H3. The van der Waals surface area contributed by atoms with Crippen molar-refractivity contribution in [3.63, 3.8) is 0 Å². The minimum Gasteiger partial charge on any atom is -0.456 e. The maximum Gasteiger partial charge on any atom is 0.326 e. The topological polar surface area (TPSA) is 77.3 Å². The number of benzene rings is 1. The van der Waals surface area contributed by atoms with Crippen molar-refractivity contribution in [2.24, 2.45) is 0 Å². The minimum absolute atomic E-state index is 0.0413. The molecule has 0 aliphatic rings. The molecule has 0 unspecified atom stereocenters. The first-order valence-corrected chi connectivity index (χ1v) is 8.88. The molecular weight excluding hydrogens is 356 g/mol. The zero-order valence-electron chi connectivity index (χ0n) is 16.1. The summed E-state index contributed by atoms with van der Waals surface area (Å²) in [6, 6.07) is 13.3. The van der Waals surface area contributed by atoms with Crippen molar-refractivity contribution < 1.29 is 14.3 Å². The first-order chi connectivity index (χ1) is 13.5. The van der Waals surface area contributed by atoms with Gasteiger partial charge in [0.2, 0.25) is 11.7 Å². The summed E-state index contributed by atoms with van der Waals surface area (Å²) in [5, 5.41) is 0. The van der Waals surface area contributed by atoms with Crippen LogP contribution >= 0.6 is 0 Å². The molecule has 0 aliphatic carbocycles. The number of likely N-dealkylation sites (N-methyl/N-ethyl adjacent to an activating group) is 1. The number of hydrogen-bond donors (Lipinski definition) is 0. The largest absolute Gasteiger partial charge is 0.456 e. The van der Waals surface area contributed by atoms with Gasteiger partial charge < -0.3 is 14.2 Å². The van der Waals surface area contributed by atoms with Crippen LogP contribution in [-0.4, -0.2) is 46.5 Å². The Kier molecular flexibility index (Phi) is 5.84. The second kappa shape index (κ2) is 8.47. The zero-order chi connectivity index (χ0) is 20.1. The number of ether oxygens (including phenoxy) is 1. The Labute approximate surface area is 163 Å². The van der Waals surface area contributed by atoms with E-state index >= 15 is 0 Å². The predicted molar refractivity (Wildman–Crippen MR) is 106 cm³/mol. The van der Waals surface area contributed by atoms with Crippen LogP contribution in [0, 0.1) is 13.8 Å². The second-order valence-electron chi connectivity index (χ2n) is 6.44. The Hall–Kier alpha value is -3.48. The number of nitrogens with zero attached hydrogens (tertiary/aromatic N) is 4. The van der Waals surface area contributed by atoms with Crippen molar-refractivity contribution in [2.45, 2.75) is 13.8 Å². The van der Waals surface area contributed by atoms with Crippen LogP contribution in [0.1, 0.15) is 21.7 Å². The fourth-order valence-electron chi connectivity index (χ4n) is 3.04. The van der Waals surface area contributed by atoms with Crippen LogP contribution in [0.2, 0.25) is 0 Å². The highest BCUT2D eigenvalue weighted by Crippen LogP contribution is 2.21.